The first-order chi connectivity index (χ1) is 16.0. The van der Waals surface area contributed by atoms with Crippen molar-refractivity contribution in [3.05, 3.63) is 54.4 Å². The molecule has 2 aliphatic carbocycles. The lowest BCUT2D eigenvalue weighted by Crippen LogP contribution is -2.55. The van der Waals surface area contributed by atoms with Crippen LogP contribution >= 0.6 is 0 Å². The average Bonchev–Trinajstić information content (AvgIpc) is 2.85. The third-order valence-corrected chi connectivity index (χ3v) is 8.64. The highest BCUT2D eigenvalue weighted by molar-refractivity contribution is 7.89. The molecule has 1 aromatic carbocycles. The van der Waals surface area contributed by atoms with Crippen LogP contribution in [0.5, 0.6) is 0 Å². The van der Waals surface area contributed by atoms with Gasteiger partial charge in [0.25, 0.3) is 0 Å². The summed E-state index contributed by atoms with van der Waals surface area (Å²) in [7, 11) is -3.64. The molecule has 8 heteroatoms. The molecule has 0 atom stereocenters. The number of carbonyl (C=O) groups excluding carboxylic acids is 1. The third-order valence-electron chi connectivity index (χ3n) is 7.07. The van der Waals surface area contributed by atoms with E-state index in [-0.39, 0.29) is 16.5 Å². The number of urea groups is 1. The number of aromatic nitrogens is 1. The summed E-state index contributed by atoms with van der Waals surface area (Å²) in [5, 5.41) is 5.51. The zero-order valence-electron chi connectivity index (χ0n) is 19.1. The fourth-order valence-corrected chi connectivity index (χ4v) is 6.85. The third kappa shape index (κ3) is 6.12. The lowest BCUT2D eigenvalue weighted by Gasteiger charge is -2.45. The number of amides is 2. The summed E-state index contributed by atoms with van der Waals surface area (Å²) in [4.78, 5) is 16.4. The monoisotopic (exact) mass is 470 g/mol. The lowest BCUT2D eigenvalue weighted by molar-refractivity contribution is 0.137. The average molecular weight is 471 g/mol. The van der Waals surface area contributed by atoms with Gasteiger partial charge in [0.05, 0.1) is 4.90 Å². The molecule has 2 amide bonds. The van der Waals surface area contributed by atoms with E-state index in [2.05, 4.69) is 20.3 Å². The van der Waals surface area contributed by atoms with Crippen LogP contribution in [0.15, 0.2) is 53.7 Å². The first kappa shape index (κ1) is 23.7. The van der Waals surface area contributed by atoms with E-state index in [1.807, 2.05) is 12.1 Å². The zero-order valence-corrected chi connectivity index (χ0v) is 19.9. The molecule has 2 aromatic rings. The summed E-state index contributed by atoms with van der Waals surface area (Å²) >= 11 is 0. The Bertz CT molecular complexity index is 1010. The molecule has 2 aliphatic rings. The number of carbonyl (C=O) groups is 1. The maximum atomic E-state index is 13.3. The maximum Gasteiger partial charge on any atom is 0.319 e. The molecule has 178 valence electrons. The number of nitrogens with one attached hydrogen (secondary N) is 3. The first-order valence-corrected chi connectivity index (χ1v) is 13.5. The molecular formula is C25H34N4O3S. The minimum atomic E-state index is -3.64. The molecule has 0 saturated heterocycles. The predicted molar refractivity (Wildman–Crippen MR) is 129 cm³/mol. The van der Waals surface area contributed by atoms with E-state index in [0.717, 1.165) is 44.1 Å². The molecular weight excluding hydrogens is 436 g/mol. The molecule has 2 fully saturated rings. The molecule has 0 aliphatic heterocycles. The Morgan fingerprint density at radius 2 is 1.67 bits per heavy atom. The molecule has 0 spiro atoms. The predicted octanol–water partition coefficient (Wildman–Crippen LogP) is 4.96. The van der Waals surface area contributed by atoms with Gasteiger partial charge in [0.2, 0.25) is 10.0 Å². The van der Waals surface area contributed by atoms with Crippen molar-refractivity contribution in [1.82, 2.24) is 15.0 Å². The molecule has 0 unspecified atom stereocenters. The van der Waals surface area contributed by atoms with Crippen molar-refractivity contribution in [2.75, 3.05) is 5.32 Å². The van der Waals surface area contributed by atoms with Gasteiger partial charge in [-0.25, -0.2) is 17.9 Å². The van der Waals surface area contributed by atoms with Crippen LogP contribution in [0, 0.1) is 5.92 Å². The number of nitrogens with zero attached hydrogens (tertiary/aromatic N) is 1. The minimum absolute atomic E-state index is 0.240. The fraction of sp³-hybridized carbons (Fsp3) is 0.520. The van der Waals surface area contributed by atoms with Gasteiger partial charge < -0.3 is 10.6 Å². The highest BCUT2D eigenvalue weighted by Gasteiger charge is 2.43. The SMILES string of the molecule is O=C(NCc1cccnc1)Nc1ccc(S(=O)(=O)NC2(C3CCCCC3)CCCCC2)cc1. The number of hydrogen-bond acceptors (Lipinski definition) is 4. The Hall–Kier alpha value is -2.45. The van der Waals surface area contributed by atoms with Crippen LogP contribution < -0.4 is 15.4 Å². The molecule has 33 heavy (non-hydrogen) atoms. The van der Waals surface area contributed by atoms with Gasteiger partial charge in [-0.2, -0.15) is 0 Å². The van der Waals surface area contributed by atoms with Gasteiger partial charge in [0.15, 0.2) is 0 Å². The van der Waals surface area contributed by atoms with Gasteiger partial charge >= 0.3 is 6.03 Å². The Morgan fingerprint density at radius 1 is 0.970 bits per heavy atom. The number of rotatable bonds is 7. The Labute approximate surface area is 196 Å². The van der Waals surface area contributed by atoms with E-state index in [1.54, 1.807) is 36.7 Å². The Kier molecular flexibility index (Phi) is 7.65. The maximum absolute atomic E-state index is 13.3. The number of sulfonamides is 1. The summed E-state index contributed by atoms with van der Waals surface area (Å²) in [6, 6.07) is 9.73. The normalized spacial score (nSPS) is 19.0. The Morgan fingerprint density at radius 3 is 2.33 bits per heavy atom. The van der Waals surface area contributed by atoms with Crippen LogP contribution in [0.25, 0.3) is 0 Å². The molecule has 7 nitrogen and oxygen atoms in total. The van der Waals surface area contributed by atoms with E-state index in [1.165, 1.54) is 25.7 Å². The van der Waals surface area contributed by atoms with E-state index < -0.39 is 10.0 Å². The van der Waals surface area contributed by atoms with Gasteiger partial charge in [0.1, 0.15) is 0 Å². The Balaban J connectivity index is 1.39. The molecule has 1 heterocycles. The largest absolute Gasteiger partial charge is 0.334 e. The molecule has 2 saturated carbocycles. The van der Waals surface area contributed by atoms with Crippen LogP contribution in [0.1, 0.15) is 69.8 Å². The fourth-order valence-electron chi connectivity index (χ4n) is 5.34. The topological polar surface area (TPSA) is 100 Å². The number of benzene rings is 1. The molecule has 1 aromatic heterocycles. The highest BCUT2D eigenvalue weighted by atomic mass is 32.2. The second kappa shape index (κ2) is 10.7. The van der Waals surface area contributed by atoms with Gasteiger partial charge in [-0.15, -0.1) is 0 Å². The van der Waals surface area contributed by atoms with Crippen LogP contribution in [0.3, 0.4) is 0 Å². The quantitative estimate of drug-likeness (QED) is 0.532. The second-order valence-electron chi connectivity index (χ2n) is 9.35. The molecule has 4 rings (SSSR count). The highest BCUT2D eigenvalue weighted by Crippen LogP contribution is 2.42. The lowest BCUT2D eigenvalue weighted by atomic mass is 9.68. The van der Waals surface area contributed by atoms with Crippen molar-refractivity contribution < 1.29 is 13.2 Å². The van der Waals surface area contributed by atoms with E-state index in [9.17, 15) is 13.2 Å². The summed E-state index contributed by atoms with van der Waals surface area (Å²) in [6.45, 7) is 0.360. The van der Waals surface area contributed by atoms with Crippen LogP contribution in [-0.2, 0) is 16.6 Å². The van der Waals surface area contributed by atoms with Gasteiger partial charge in [0, 0.05) is 30.2 Å². The summed E-state index contributed by atoms with van der Waals surface area (Å²) in [6.07, 6.45) is 14.4. The standard InChI is InChI=1S/C25H34N4O3S/c30-24(27-19-20-8-7-17-26-18-20)28-22-11-13-23(14-12-22)33(31,32)29-25(15-5-2-6-16-25)21-9-3-1-4-10-21/h7-8,11-14,17-18,21,29H,1-6,9-10,15-16,19H2,(H2,27,28,30). The van der Waals surface area contributed by atoms with Crippen molar-refractivity contribution in [3.8, 4) is 0 Å². The second-order valence-corrected chi connectivity index (χ2v) is 11.0. The van der Waals surface area contributed by atoms with Gasteiger partial charge in [-0.05, 0) is 67.5 Å². The summed E-state index contributed by atoms with van der Waals surface area (Å²) in [5.41, 5.74) is 1.12. The van der Waals surface area contributed by atoms with Crippen molar-refractivity contribution in [1.29, 1.82) is 0 Å². The van der Waals surface area contributed by atoms with Crippen LogP contribution in [0.2, 0.25) is 0 Å². The van der Waals surface area contributed by atoms with Gasteiger partial charge in [-0.3, -0.25) is 4.98 Å². The summed E-state index contributed by atoms with van der Waals surface area (Å²) < 4.78 is 29.8. The molecule has 0 bridgehead atoms. The van der Waals surface area contributed by atoms with E-state index in [4.69, 9.17) is 0 Å². The first-order valence-electron chi connectivity index (χ1n) is 12.0. The van der Waals surface area contributed by atoms with Crippen LogP contribution in [0.4, 0.5) is 10.5 Å². The van der Waals surface area contributed by atoms with Crippen molar-refractivity contribution in [2.45, 2.75) is 81.2 Å². The number of pyridine rings is 1. The minimum Gasteiger partial charge on any atom is -0.334 e. The van der Waals surface area contributed by atoms with E-state index >= 15 is 0 Å². The molecule has 3 N–H and O–H groups in total. The van der Waals surface area contributed by atoms with Crippen LogP contribution in [-0.4, -0.2) is 25.0 Å². The van der Waals surface area contributed by atoms with E-state index in [0.29, 0.717) is 18.2 Å². The smallest absolute Gasteiger partial charge is 0.319 e. The van der Waals surface area contributed by atoms with Crippen molar-refractivity contribution >= 4 is 21.7 Å². The number of hydrogen-bond donors (Lipinski definition) is 3. The molecule has 0 radical (unpaired) electrons. The van der Waals surface area contributed by atoms with Crippen molar-refractivity contribution in [3.63, 3.8) is 0 Å². The van der Waals surface area contributed by atoms with Gasteiger partial charge in [-0.1, -0.05) is 44.6 Å². The van der Waals surface area contributed by atoms with Crippen molar-refractivity contribution in [2.24, 2.45) is 5.92 Å². The zero-order chi connectivity index (χ0) is 23.2. The summed E-state index contributed by atoms with van der Waals surface area (Å²) in [5.74, 6) is 0.422. The number of anilines is 1.